The highest BCUT2D eigenvalue weighted by molar-refractivity contribution is 7.19. The van der Waals surface area contributed by atoms with Crippen LogP contribution in [0.3, 0.4) is 0 Å². The van der Waals surface area contributed by atoms with Gasteiger partial charge in [0.05, 0.1) is 23.9 Å². The smallest absolute Gasteiger partial charge is 0.268 e. The first-order valence-corrected chi connectivity index (χ1v) is 10.1. The zero-order chi connectivity index (χ0) is 20.4. The first-order valence-electron chi connectivity index (χ1n) is 9.29. The maximum atomic E-state index is 13.4. The van der Waals surface area contributed by atoms with Crippen LogP contribution < -0.4 is 10.1 Å². The first-order chi connectivity index (χ1) is 14.0. The highest BCUT2D eigenvalue weighted by Gasteiger charge is 2.18. The summed E-state index contributed by atoms with van der Waals surface area (Å²) in [5.41, 5.74) is 3.32. The van der Waals surface area contributed by atoms with Gasteiger partial charge in [0.1, 0.15) is 17.3 Å². The van der Waals surface area contributed by atoms with E-state index in [0.717, 1.165) is 27.1 Å². The minimum Gasteiger partial charge on any atom is -0.496 e. The van der Waals surface area contributed by atoms with Crippen molar-refractivity contribution < 1.29 is 13.9 Å². The number of nitrogens with one attached hydrogen (secondary N) is 1. The molecule has 4 nitrogen and oxygen atoms in total. The molecule has 0 saturated heterocycles. The normalized spacial score (nSPS) is 11.0. The zero-order valence-corrected chi connectivity index (χ0v) is 17.1. The number of hydrogen-bond acceptors (Lipinski definition) is 3. The number of carbonyl (C=O) groups excluding carboxylic acids is 1. The van der Waals surface area contributed by atoms with E-state index in [-0.39, 0.29) is 18.3 Å². The third kappa shape index (κ3) is 4.03. The fourth-order valence-corrected chi connectivity index (χ4v) is 4.41. The Hall–Kier alpha value is -3.12. The van der Waals surface area contributed by atoms with Crippen molar-refractivity contribution in [2.45, 2.75) is 20.0 Å². The lowest BCUT2D eigenvalue weighted by atomic mass is 10.2. The van der Waals surface area contributed by atoms with Crippen LogP contribution in [0.1, 0.15) is 26.5 Å². The quantitative estimate of drug-likeness (QED) is 0.480. The van der Waals surface area contributed by atoms with Crippen LogP contribution in [0.15, 0.2) is 60.7 Å². The van der Waals surface area contributed by atoms with E-state index in [1.165, 1.54) is 17.0 Å². The molecule has 0 bridgehead atoms. The minimum absolute atomic E-state index is 0.190. The van der Waals surface area contributed by atoms with Gasteiger partial charge in [-0.2, -0.15) is 0 Å². The molecule has 0 unspecified atom stereocenters. The highest BCUT2D eigenvalue weighted by Crippen LogP contribution is 2.30. The van der Waals surface area contributed by atoms with Gasteiger partial charge in [-0.25, -0.2) is 4.39 Å². The molecule has 0 atom stereocenters. The van der Waals surface area contributed by atoms with Crippen LogP contribution >= 0.6 is 11.3 Å². The van der Waals surface area contributed by atoms with E-state index in [4.69, 9.17) is 4.74 Å². The van der Waals surface area contributed by atoms with Crippen molar-refractivity contribution in [1.29, 1.82) is 0 Å². The van der Waals surface area contributed by atoms with Gasteiger partial charge in [0.15, 0.2) is 0 Å². The van der Waals surface area contributed by atoms with E-state index in [1.807, 2.05) is 34.9 Å². The Morgan fingerprint density at radius 2 is 1.97 bits per heavy atom. The number of halogens is 1. The Balaban J connectivity index is 1.65. The molecule has 0 radical (unpaired) electrons. The van der Waals surface area contributed by atoms with Gasteiger partial charge in [-0.3, -0.25) is 4.79 Å². The summed E-state index contributed by atoms with van der Waals surface area (Å²) in [6, 6.07) is 18.1. The van der Waals surface area contributed by atoms with Crippen molar-refractivity contribution in [1.82, 2.24) is 9.88 Å². The van der Waals surface area contributed by atoms with Gasteiger partial charge < -0.3 is 14.6 Å². The number of fused-ring (bicyclic) bond motifs is 1. The topological polar surface area (TPSA) is 43.3 Å². The van der Waals surface area contributed by atoms with Gasteiger partial charge in [-0.1, -0.05) is 30.3 Å². The van der Waals surface area contributed by atoms with Gasteiger partial charge in [0, 0.05) is 17.0 Å². The largest absolute Gasteiger partial charge is 0.496 e. The molecule has 0 fully saturated rings. The van der Waals surface area contributed by atoms with E-state index >= 15 is 0 Å². The van der Waals surface area contributed by atoms with E-state index in [2.05, 4.69) is 18.3 Å². The van der Waals surface area contributed by atoms with E-state index < -0.39 is 0 Å². The molecule has 0 aliphatic carbocycles. The lowest BCUT2D eigenvalue weighted by Gasteiger charge is -2.13. The molecule has 6 heteroatoms. The van der Waals surface area contributed by atoms with Gasteiger partial charge in [0.25, 0.3) is 5.91 Å². The molecule has 0 saturated carbocycles. The predicted molar refractivity (Wildman–Crippen MR) is 114 cm³/mol. The Labute approximate surface area is 172 Å². The summed E-state index contributed by atoms with van der Waals surface area (Å²) >= 11 is 1.66. The molecule has 1 N–H and O–H groups in total. The first kappa shape index (κ1) is 19.2. The maximum Gasteiger partial charge on any atom is 0.268 e. The van der Waals surface area contributed by atoms with Crippen LogP contribution in [0.25, 0.3) is 10.2 Å². The molecule has 2 aromatic carbocycles. The number of carbonyl (C=O) groups is 1. The SMILES string of the molecule is COc1ccccc1Cn1c(C(=O)NCc2cccc(F)c2)cc2sc(C)cc21. The number of amides is 1. The van der Waals surface area contributed by atoms with Crippen LogP contribution in [0, 0.1) is 12.7 Å². The van der Waals surface area contributed by atoms with Gasteiger partial charge in [-0.15, -0.1) is 11.3 Å². The highest BCUT2D eigenvalue weighted by atomic mass is 32.1. The van der Waals surface area contributed by atoms with Crippen molar-refractivity contribution in [3.8, 4) is 5.75 Å². The number of para-hydroxylation sites is 1. The Morgan fingerprint density at radius 1 is 1.14 bits per heavy atom. The molecule has 4 aromatic rings. The van der Waals surface area contributed by atoms with Crippen LogP contribution in [0.4, 0.5) is 4.39 Å². The summed E-state index contributed by atoms with van der Waals surface area (Å²) < 4.78 is 22.0. The van der Waals surface area contributed by atoms with Crippen molar-refractivity contribution >= 4 is 27.5 Å². The average molecular weight is 408 g/mol. The number of nitrogens with zero attached hydrogens (tertiary/aromatic N) is 1. The maximum absolute atomic E-state index is 13.4. The van der Waals surface area contributed by atoms with Gasteiger partial charge in [-0.05, 0) is 42.8 Å². The third-order valence-corrected chi connectivity index (χ3v) is 5.80. The van der Waals surface area contributed by atoms with Crippen LogP contribution in [-0.2, 0) is 13.1 Å². The summed E-state index contributed by atoms with van der Waals surface area (Å²) in [5, 5.41) is 2.91. The number of aromatic nitrogens is 1. The number of aryl methyl sites for hydroxylation is 1. The monoisotopic (exact) mass is 408 g/mol. The van der Waals surface area contributed by atoms with Crippen molar-refractivity contribution in [2.75, 3.05) is 7.11 Å². The Kier molecular flexibility index (Phi) is 5.36. The minimum atomic E-state index is -0.313. The molecule has 0 aliphatic heterocycles. The van der Waals surface area contributed by atoms with Gasteiger partial charge >= 0.3 is 0 Å². The molecule has 148 valence electrons. The standard InChI is InChI=1S/C23H21FN2O2S/c1-15-10-19-22(29-15)12-20(23(27)25-13-16-6-5-8-18(24)11-16)26(19)14-17-7-3-4-9-21(17)28-2/h3-12H,13-14H2,1-2H3,(H,25,27). The van der Waals surface area contributed by atoms with Crippen molar-refractivity contribution in [3.63, 3.8) is 0 Å². The molecular weight excluding hydrogens is 387 g/mol. The lowest BCUT2D eigenvalue weighted by Crippen LogP contribution is -2.25. The zero-order valence-electron chi connectivity index (χ0n) is 16.2. The fraction of sp³-hybridized carbons (Fsp3) is 0.174. The Bertz CT molecular complexity index is 1180. The van der Waals surface area contributed by atoms with Crippen molar-refractivity contribution in [3.05, 3.63) is 88.2 Å². The van der Waals surface area contributed by atoms with Crippen LogP contribution in [-0.4, -0.2) is 17.6 Å². The third-order valence-electron chi connectivity index (χ3n) is 4.81. The van der Waals surface area contributed by atoms with E-state index in [0.29, 0.717) is 12.2 Å². The van der Waals surface area contributed by atoms with Crippen molar-refractivity contribution in [2.24, 2.45) is 0 Å². The average Bonchev–Trinajstić information content (AvgIpc) is 3.23. The molecule has 0 spiro atoms. The van der Waals surface area contributed by atoms with Gasteiger partial charge in [0.2, 0.25) is 0 Å². The molecule has 2 aromatic heterocycles. The lowest BCUT2D eigenvalue weighted by molar-refractivity contribution is 0.0942. The van der Waals surface area contributed by atoms with Crippen LogP contribution in [0.2, 0.25) is 0 Å². The molecule has 0 aliphatic rings. The molecule has 2 heterocycles. The molecular formula is C23H21FN2O2S. The molecule has 4 rings (SSSR count). The van der Waals surface area contributed by atoms with E-state index in [9.17, 15) is 9.18 Å². The number of thiophene rings is 1. The number of ether oxygens (including phenoxy) is 1. The fourth-order valence-electron chi connectivity index (χ4n) is 3.45. The van der Waals surface area contributed by atoms with Crippen LogP contribution in [0.5, 0.6) is 5.75 Å². The molecule has 1 amide bonds. The summed E-state index contributed by atoms with van der Waals surface area (Å²) in [6.45, 7) is 2.84. The Morgan fingerprint density at radius 3 is 2.76 bits per heavy atom. The predicted octanol–water partition coefficient (Wildman–Crippen LogP) is 5.14. The summed E-state index contributed by atoms with van der Waals surface area (Å²) in [5.74, 6) is 0.282. The molecule has 29 heavy (non-hydrogen) atoms. The summed E-state index contributed by atoms with van der Waals surface area (Å²) in [6.07, 6.45) is 0. The summed E-state index contributed by atoms with van der Waals surface area (Å²) in [4.78, 5) is 14.2. The summed E-state index contributed by atoms with van der Waals surface area (Å²) in [7, 11) is 1.64. The number of benzene rings is 2. The number of methoxy groups -OCH3 is 1. The second kappa shape index (κ2) is 8.09. The second-order valence-corrected chi connectivity index (χ2v) is 8.13. The number of rotatable bonds is 6. The van der Waals surface area contributed by atoms with E-state index in [1.54, 1.807) is 30.6 Å². The second-order valence-electron chi connectivity index (χ2n) is 6.85. The number of hydrogen-bond donors (Lipinski definition) is 1.